The molecule has 1 N–H and O–H groups in total. The number of ketones is 1. The highest BCUT2D eigenvalue weighted by Gasteiger charge is 2.29. The minimum absolute atomic E-state index is 0.00162. The lowest BCUT2D eigenvalue weighted by molar-refractivity contribution is -0.137. The van der Waals surface area contributed by atoms with Crippen molar-refractivity contribution in [2.75, 3.05) is 19.8 Å². The van der Waals surface area contributed by atoms with Gasteiger partial charge >= 0.3 is 5.97 Å². The molecule has 0 aromatic heterocycles. The maximum Gasteiger partial charge on any atom is 0.379 e. The molecule has 1 aliphatic rings. The topological polar surface area (TPSA) is 82.1 Å². The van der Waals surface area contributed by atoms with Crippen LogP contribution in [0.3, 0.4) is 0 Å². The van der Waals surface area contributed by atoms with Crippen LogP contribution in [0, 0.1) is 5.82 Å². The third kappa shape index (κ3) is 2.31. The lowest BCUT2D eigenvalue weighted by Crippen LogP contribution is -2.20. The van der Waals surface area contributed by atoms with Gasteiger partial charge in [0, 0.05) is 0 Å². The van der Waals surface area contributed by atoms with Crippen LogP contribution in [0.25, 0.3) is 0 Å². The molecule has 0 saturated heterocycles. The third-order valence-electron chi connectivity index (χ3n) is 2.45. The minimum atomic E-state index is -1.17. The smallest absolute Gasteiger partial charge is 0.379 e. The fourth-order valence-corrected chi connectivity index (χ4v) is 1.62. The molecule has 6 nitrogen and oxygen atoms in total. The molecule has 1 aromatic rings. The second-order valence-electron chi connectivity index (χ2n) is 3.66. The van der Waals surface area contributed by atoms with Gasteiger partial charge in [0.2, 0.25) is 11.6 Å². The van der Waals surface area contributed by atoms with E-state index < -0.39 is 28.9 Å². The molecule has 1 aromatic carbocycles. The maximum absolute atomic E-state index is 13.8. The van der Waals surface area contributed by atoms with E-state index in [-0.39, 0.29) is 31.3 Å². The van der Waals surface area contributed by atoms with Crippen LogP contribution in [0.1, 0.15) is 17.3 Å². The van der Waals surface area contributed by atoms with Crippen molar-refractivity contribution < 1.29 is 33.3 Å². The van der Waals surface area contributed by atoms with E-state index in [1.807, 2.05) is 0 Å². The summed E-state index contributed by atoms with van der Waals surface area (Å²) < 4.78 is 28.4. The Kier molecular flexibility index (Phi) is 3.55. The number of carbonyl (C=O) groups is 2. The van der Waals surface area contributed by atoms with E-state index in [1.165, 1.54) is 6.92 Å². The highest BCUT2D eigenvalue weighted by atomic mass is 19.1. The van der Waals surface area contributed by atoms with E-state index in [2.05, 4.69) is 4.74 Å². The molecule has 0 amide bonds. The summed E-state index contributed by atoms with van der Waals surface area (Å²) in [5.74, 6) is -4.71. The summed E-state index contributed by atoms with van der Waals surface area (Å²) in [6.07, 6.45) is 0. The number of esters is 1. The van der Waals surface area contributed by atoms with Crippen molar-refractivity contribution in [3.05, 3.63) is 17.4 Å². The average molecular weight is 270 g/mol. The lowest BCUT2D eigenvalue weighted by atomic mass is 10.1. The Hall–Kier alpha value is -2.31. The number of hydrogen-bond donors (Lipinski definition) is 1. The molecule has 0 aliphatic carbocycles. The molecule has 0 fully saturated rings. The van der Waals surface area contributed by atoms with E-state index in [4.69, 9.17) is 9.47 Å². The van der Waals surface area contributed by atoms with Gasteiger partial charge in [-0.15, -0.1) is 0 Å². The van der Waals surface area contributed by atoms with Crippen LogP contribution in [0.15, 0.2) is 6.07 Å². The highest BCUT2D eigenvalue weighted by Crippen LogP contribution is 2.40. The van der Waals surface area contributed by atoms with Gasteiger partial charge in [-0.2, -0.15) is 4.39 Å². The number of benzene rings is 1. The highest BCUT2D eigenvalue weighted by molar-refractivity contribution is 6.41. The Balaban J connectivity index is 2.44. The number of carbonyl (C=O) groups excluding carboxylic acids is 2. The summed E-state index contributed by atoms with van der Waals surface area (Å²) in [6.45, 7) is 1.84. The second-order valence-corrected chi connectivity index (χ2v) is 3.66. The predicted octanol–water partition coefficient (Wildman–Crippen LogP) is 1.05. The molecule has 0 atom stereocenters. The zero-order valence-corrected chi connectivity index (χ0v) is 10.1. The monoisotopic (exact) mass is 270 g/mol. The molecule has 0 spiro atoms. The molecule has 0 bridgehead atoms. The van der Waals surface area contributed by atoms with Crippen molar-refractivity contribution in [2.24, 2.45) is 0 Å². The second kappa shape index (κ2) is 5.13. The Labute approximate surface area is 107 Å². The van der Waals surface area contributed by atoms with Crippen LogP contribution in [0.4, 0.5) is 4.39 Å². The number of hydrogen-bond acceptors (Lipinski definition) is 6. The zero-order valence-electron chi connectivity index (χ0n) is 10.1. The van der Waals surface area contributed by atoms with Crippen molar-refractivity contribution in [1.29, 1.82) is 0 Å². The van der Waals surface area contributed by atoms with Gasteiger partial charge < -0.3 is 19.3 Å². The zero-order chi connectivity index (χ0) is 14.0. The van der Waals surface area contributed by atoms with Gasteiger partial charge in [0.1, 0.15) is 13.2 Å². The molecule has 0 saturated carbocycles. The number of fused-ring (bicyclic) bond motifs is 1. The standard InChI is InChI=1S/C12H11FO6/c1-2-17-12(16)10(15)6-5-7-11(8(13)9(6)14)19-4-3-18-7/h5,14H,2-4H2,1H3. The summed E-state index contributed by atoms with van der Waals surface area (Å²) in [7, 11) is 0. The van der Waals surface area contributed by atoms with Crippen molar-refractivity contribution in [3.63, 3.8) is 0 Å². The first-order valence-corrected chi connectivity index (χ1v) is 5.58. The summed E-state index contributed by atoms with van der Waals surface area (Å²) in [4.78, 5) is 23.0. The van der Waals surface area contributed by atoms with Gasteiger partial charge in [-0.3, -0.25) is 4.79 Å². The summed E-state index contributed by atoms with van der Waals surface area (Å²) in [6, 6.07) is 1.06. The maximum atomic E-state index is 13.8. The number of Topliss-reactive ketones (excluding diaryl/α,β-unsaturated/α-hetero) is 1. The molecule has 1 heterocycles. The number of aromatic hydroxyl groups is 1. The van der Waals surface area contributed by atoms with Crippen molar-refractivity contribution >= 4 is 11.8 Å². The van der Waals surface area contributed by atoms with E-state index in [1.54, 1.807) is 0 Å². The summed E-state index contributed by atoms with van der Waals surface area (Å²) in [5.41, 5.74) is -0.514. The van der Waals surface area contributed by atoms with Crippen LogP contribution in [0.5, 0.6) is 17.2 Å². The minimum Gasteiger partial charge on any atom is -0.504 e. The van der Waals surface area contributed by atoms with Crippen molar-refractivity contribution in [3.8, 4) is 17.2 Å². The Morgan fingerprint density at radius 2 is 2.11 bits per heavy atom. The number of ether oxygens (including phenoxy) is 3. The first kappa shape index (κ1) is 13.1. The van der Waals surface area contributed by atoms with E-state index in [0.717, 1.165) is 6.07 Å². The molecule has 7 heteroatoms. The fraction of sp³-hybridized carbons (Fsp3) is 0.333. The van der Waals surface area contributed by atoms with E-state index in [9.17, 15) is 19.1 Å². The van der Waals surface area contributed by atoms with Gasteiger partial charge in [0.25, 0.3) is 5.78 Å². The molecule has 0 radical (unpaired) electrons. The third-order valence-corrected chi connectivity index (χ3v) is 2.45. The van der Waals surface area contributed by atoms with Crippen LogP contribution < -0.4 is 9.47 Å². The normalized spacial score (nSPS) is 12.9. The number of phenols is 1. The largest absolute Gasteiger partial charge is 0.504 e. The molecule has 102 valence electrons. The summed E-state index contributed by atoms with van der Waals surface area (Å²) >= 11 is 0. The Morgan fingerprint density at radius 3 is 2.79 bits per heavy atom. The molecular formula is C12H11FO6. The van der Waals surface area contributed by atoms with E-state index in [0.29, 0.717) is 0 Å². The van der Waals surface area contributed by atoms with Gasteiger partial charge in [-0.05, 0) is 13.0 Å². The van der Waals surface area contributed by atoms with E-state index >= 15 is 0 Å². The molecule has 1 aliphatic heterocycles. The number of rotatable bonds is 3. The molecule has 0 unspecified atom stereocenters. The van der Waals surface area contributed by atoms with Crippen LogP contribution in [0.2, 0.25) is 0 Å². The summed E-state index contributed by atoms with van der Waals surface area (Å²) in [5, 5.41) is 9.60. The Morgan fingerprint density at radius 1 is 1.42 bits per heavy atom. The average Bonchev–Trinajstić information content (AvgIpc) is 2.42. The van der Waals surface area contributed by atoms with Gasteiger partial charge in [0.05, 0.1) is 12.2 Å². The first-order valence-electron chi connectivity index (χ1n) is 5.58. The first-order chi connectivity index (χ1) is 9.06. The van der Waals surface area contributed by atoms with Gasteiger partial charge in [-0.25, -0.2) is 4.79 Å². The predicted molar refractivity (Wildman–Crippen MR) is 60.0 cm³/mol. The molecule has 2 rings (SSSR count). The molecular weight excluding hydrogens is 259 g/mol. The fourth-order valence-electron chi connectivity index (χ4n) is 1.62. The molecule has 19 heavy (non-hydrogen) atoms. The van der Waals surface area contributed by atoms with Crippen LogP contribution in [-0.2, 0) is 9.53 Å². The van der Waals surface area contributed by atoms with Gasteiger partial charge in [0.15, 0.2) is 11.5 Å². The van der Waals surface area contributed by atoms with Crippen molar-refractivity contribution in [1.82, 2.24) is 0 Å². The SMILES string of the molecule is CCOC(=O)C(=O)c1cc2c(c(F)c1O)OCCO2. The lowest BCUT2D eigenvalue weighted by Gasteiger charge is -2.20. The number of halogens is 1. The van der Waals surface area contributed by atoms with Crippen LogP contribution >= 0.6 is 0 Å². The van der Waals surface area contributed by atoms with Crippen LogP contribution in [-0.4, -0.2) is 36.7 Å². The number of phenolic OH excluding ortho intramolecular Hbond substituents is 1. The van der Waals surface area contributed by atoms with Crippen molar-refractivity contribution in [2.45, 2.75) is 6.92 Å². The van der Waals surface area contributed by atoms with Gasteiger partial charge in [-0.1, -0.05) is 0 Å². The quantitative estimate of drug-likeness (QED) is 0.502. The Bertz CT molecular complexity index is 540.